The predicted octanol–water partition coefficient (Wildman–Crippen LogP) is 0.553. The number of nitrogens with one attached hydrogen (secondary N) is 2. The topological polar surface area (TPSA) is 59.0 Å². The third-order valence-electron chi connectivity index (χ3n) is 3.49. The van der Waals surface area contributed by atoms with Gasteiger partial charge in [0.05, 0.1) is 5.92 Å². The van der Waals surface area contributed by atoms with E-state index in [0.717, 1.165) is 38.4 Å². The summed E-state index contributed by atoms with van der Waals surface area (Å²) < 4.78 is 2.12. The fraction of sp³-hybridized carbons (Fsp3) is 0.692. The molecule has 5 heteroatoms. The van der Waals surface area contributed by atoms with Gasteiger partial charge in [0, 0.05) is 32.0 Å². The normalized spacial score (nSPS) is 20.9. The van der Waals surface area contributed by atoms with Crippen LogP contribution in [-0.4, -0.2) is 35.1 Å². The average Bonchev–Trinajstić information content (AvgIpc) is 2.99. The number of hydrogen-bond donors (Lipinski definition) is 2. The molecule has 0 aliphatic carbocycles. The van der Waals surface area contributed by atoms with E-state index in [0.29, 0.717) is 5.92 Å². The van der Waals surface area contributed by atoms with Gasteiger partial charge in [-0.3, -0.25) is 4.79 Å². The Morgan fingerprint density at radius 3 is 3.17 bits per heavy atom. The number of aryl methyl sites for hydroxylation is 1. The molecule has 2 N–H and O–H groups in total. The zero-order valence-electron chi connectivity index (χ0n) is 11.1. The molecule has 0 bridgehead atoms. The van der Waals surface area contributed by atoms with Crippen molar-refractivity contribution in [3.8, 4) is 0 Å². The summed E-state index contributed by atoms with van der Waals surface area (Å²) in [7, 11) is 0. The minimum atomic E-state index is 0.159. The third kappa shape index (κ3) is 3.32. The van der Waals surface area contributed by atoms with Crippen LogP contribution in [0.1, 0.15) is 19.2 Å². The summed E-state index contributed by atoms with van der Waals surface area (Å²) in [5.41, 5.74) is 0. The lowest BCUT2D eigenvalue weighted by atomic mass is 10.1. The van der Waals surface area contributed by atoms with Gasteiger partial charge >= 0.3 is 0 Å². The second kappa shape index (κ2) is 6.00. The fourth-order valence-corrected chi connectivity index (χ4v) is 2.29. The van der Waals surface area contributed by atoms with Crippen molar-refractivity contribution >= 4 is 5.91 Å². The van der Waals surface area contributed by atoms with Crippen molar-refractivity contribution in [3.05, 3.63) is 18.2 Å². The predicted molar refractivity (Wildman–Crippen MR) is 70.1 cm³/mol. The van der Waals surface area contributed by atoms with Crippen LogP contribution in [0.5, 0.6) is 0 Å². The Kier molecular flexibility index (Phi) is 4.36. The SMILES string of the molecule is Cc1nccn1CC(C)CNC(=O)C1CCNC1. The summed E-state index contributed by atoms with van der Waals surface area (Å²) in [6.45, 7) is 7.55. The summed E-state index contributed by atoms with van der Waals surface area (Å²) in [6.07, 6.45) is 4.75. The van der Waals surface area contributed by atoms with Crippen LogP contribution in [0.2, 0.25) is 0 Å². The standard InChI is InChI=1S/C13H22N4O/c1-10(9-17-6-5-15-11(17)2)7-16-13(18)12-3-4-14-8-12/h5-6,10,12,14H,3-4,7-9H2,1-2H3,(H,16,18). The molecule has 1 aliphatic rings. The Labute approximate surface area is 108 Å². The number of carbonyl (C=O) groups excluding carboxylic acids is 1. The quantitative estimate of drug-likeness (QED) is 0.802. The highest BCUT2D eigenvalue weighted by molar-refractivity contribution is 5.79. The van der Waals surface area contributed by atoms with Crippen LogP contribution in [0.3, 0.4) is 0 Å². The molecule has 0 saturated carbocycles. The fourth-order valence-electron chi connectivity index (χ4n) is 2.29. The average molecular weight is 250 g/mol. The number of carbonyl (C=O) groups is 1. The first kappa shape index (κ1) is 13.1. The van der Waals surface area contributed by atoms with Gasteiger partial charge in [0.2, 0.25) is 5.91 Å². The van der Waals surface area contributed by atoms with Gasteiger partial charge in [-0.25, -0.2) is 4.98 Å². The lowest BCUT2D eigenvalue weighted by molar-refractivity contribution is -0.124. The molecule has 2 rings (SSSR count). The molecule has 2 unspecified atom stereocenters. The van der Waals surface area contributed by atoms with Crippen LogP contribution in [0.25, 0.3) is 0 Å². The second-order valence-corrected chi connectivity index (χ2v) is 5.17. The van der Waals surface area contributed by atoms with Crippen molar-refractivity contribution in [2.45, 2.75) is 26.8 Å². The van der Waals surface area contributed by atoms with Crippen molar-refractivity contribution in [1.82, 2.24) is 20.2 Å². The molecule has 5 nitrogen and oxygen atoms in total. The minimum absolute atomic E-state index is 0.159. The number of rotatable bonds is 5. The van der Waals surface area contributed by atoms with Crippen LogP contribution in [0, 0.1) is 18.8 Å². The summed E-state index contributed by atoms with van der Waals surface area (Å²) in [6, 6.07) is 0. The molecule has 1 saturated heterocycles. The van der Waals surface area contributed by atoms with Crippen molar-refractivity contribution in [1.29, 1.82) is 0 Å². The number of amides is 1. The largest absolute Gasteiger partial charge is 0.355 e. The van der Waals surface area contributed by atoms with Crippen LogP contribution in [-0.2, 0) is 11.3 Å². The molecule has 2 atom stereocenters. The van der Waals surface area contributed by atoms with Crippen molar-refractivity contribution < 1.29 is 4.79 Å². The van der Waals surface area contributed by atoms with E-state index >= 15 is 0 Å². The maximum atomic E-state index is 11.8. The first-order valence-corrected chi connectivity index (χ1v) is 6.63. The van der Waals surface area contributed by atoms with E-state index in [1.807, 2.05) is 19.3 Å². The molecular formula is C13H22N4O. The summed E-state index contributed by atoms with van der Waals surface area (Å²) in [5.74, 6) is 1.78. The second-order valence-electron chi connectivity index (χ2n) is 5.17. The molecule has 0 spiro atoms. The zero-order chi connectivity index (χ0) is 13.0. The van der Waals surface area contributed by atoms with Gasteiger partial charge in [-0.2, -0.15) is 0 Å². The molecular weight excluding hydrogens is 228 g/mol. The monoisotopic (exact) mass is 250 g/mol. The smallest absolute Gasteiger partial charge is 0.224 e. The van der Waals surface area contributed by atoms with Crippen LogP contribution >= 0.6 is 0 Å². The zero-order valence-corrected chi connectivity index (χ0v) is 11.1. The molecule has 18 heavy (non-hydrogen) atoms. The Morgan fingerprint density at radius 2 is 2.56 bits per heavy atom. The Bertz CT molecular complexity index is 395. The molecule has 0 radical (unpaired) electrons. The highest BCUT2D eigenvalue weighted by atomic mass is 16.1. The highest BCUT2D eigenvalue weighted by Crippen LogP contribution is 2.08. The first-order chi connectivity index (χ1) is 8.66. The third-order valence-corrected chi connectivity index (χ3v) is 3.49. The molecule has 1 amide bonds. The van der Waals surface area contributed by atoms with Crippen LogP contribution in [0.4, 0.5) is 0 Å². The van der Waals surface area contributed by atoms with Crippen molar-refractivity contribution in [2.24, 2.45) is 11.8 Å². The van der Waals surface area contributed by atoms with Gasteiger partial charge in [-0.1, -0.05) is 6.92 Å². The van der Waals surface area contributed by atoms with Gasteiger partial charge in [0.1, 0.15) is 5.82 Å². The lowest BCUT2D eigenvalue weighted by Gasteiger charge is -2.16. The molecule has 2 heterocycles. The molecule has 1 aliphatic heterocycles. The summed E-state index contributed by atoms with van der Waals surface area (Å²) >= 11 is 0. The van der Waals surface area contributed by atoms with Crippen LogP contribution in [0.15, 0.2) is 12.4 Å². The Balaban J connectivity index is 1.73. The van der Waals surface area contributed by atoms with Gasteiger partial charge in [0.15, 0.2) is 0 Å². The molecule has 1 aromatic rings. The van der Waals surface area contributed by atoms with Gasteiger partial charge < -0.3 is 15.2 Å². The maximum Gasteiger partial charge on any atom is 0.224 e. The minimum Gasteiger partial charge on any atom is -0.355 e. The summed E-state index contributed by atoms with van der Waals surface area (Å²) in [5, 5.41) is 6.26. The number of nitrogens with zero attached hydrogens (tertiary/aromatic N) is 2. The van der Waals surface area contributed by atoms with Crippen molar-refractivity contribution in [2.75, 3.05) is 19.6 Å². The number of imidazole rings is 1. The summed E-state index contributed by atoms with van der Waals surface area (Å²) in [4.78, 5) is 16.0. The van der Waals surface area contributed by atoms with Gasteiger partial charge in [-0.05, 0) is 25.8 Å². The van der Waals surface area contributed by atoms with Crippen LogP contribution < -0.4 is 10.6 Å². The van der Waals surface area contributed by atoms with E-state index in [9.17, 15) is 4.79 Å². The lowest BCUT2D eigenvalue weighted by Crippen LogP contribution is -2.35. The van der Waals surface area contributed by atoms with Gasteiger partial charge in [0.25, 0.3) is 0 Å². The van der Waals surface area contributed by atoms with E-state index in [4.69, 9.17) is 0 Å². The van der Waals surface area contributed by atoms with E-state index < -0.39 is 0 Å². The highest BCUT2D eigenvalue weighted by Gasteiger charge is 2.22. The van der Waals surface area contributed by atoms with E-state index in [-0.39, 0.29) is 11.8 Å². The molecule has 1 aromatic heterocycles. The Hall–Kier alpha value is -1.36. The number of hydrogen-bond acceptors (Lipinski definition) is 3. The van der Waals surface area contributed by atoms with Gasteiger partial charge in [-0.15, -0.1) is 0 Å². The van der Waals surface area contributed by atoms with E-state index in [1.165, 1.54) is 0 Å². The van der Waals surface area contributed by atoms with E-state index in [1.54, 1.807) is 0 Å². The van der Waals surface area contributed by atoms with Crippen molar-refractivity contribution in [3.63, 3.8) is 0 Å². The molecule has 100 valence electrons. The van der Waals surface area contributed by atoms with E-state index in [2.05, 4.69) is 27.1 Å². The molecule has 0 aromatic carbocycles. The molecule has 1 fully saturated rings. The first-order valence-electron chi connectivity index (χ1n) is 6.63. The maximum absolute atomic E-state index is 11.8. The number of aromatic nitrogens is 2. The Morgan fingerprint density at radius 1 is 1.72 bits per heavy atom.